The highest BCUT2D eigenvalue weighted by atomic mass is 16.6. The van der Waals surface area contributed by atoms with Gasteiger partial charge in [0.1, 0.15) is 0 Å². The van der Waals surface area contributed by atoms with Crippen LogP contribution in [0.25, 0.3) is 0 Å². The van der Waals surface area contributed by atoms with Gasteiger partial charge in [0.25, 0.3) is 5.70 Å². The quantitative estimate of drug-likeness (QED) is 0.391. The summed E-state index contributed by atoms with van der Waals surface area (Å²) in [5.74, 6) is 0. The zero-order chi connectivity index (χ0) is 11.3. The van der Waals surface area contributed by atoms with E-state index in [1.807, 2.05) is 13.8 Å². The first kappa shape index (κ1) is 12.4. The van der Waals surface area contributed by atoms with Crippen LogP contribution in [0.3, 0.4) is 0 Å². The second-order valence-corrected chi connectivity index (χ2v) is 3.09. The standard InChI is InChI=1S/C11H15NO2/c1-6-10(8(2)3)7-11(9(4)5)12(13)14/h6-7H,2,4H2,1,3,5H3/b10-6+,11-7+. The number of hydrogen-bond acceptors (Lipinski definition) is 2. The molecule has 0 aromatic carbocycles. The van der Waals surface area contributed by atoms with Crippen LogP contribution in [0.1, 0.15) is 20.8 Å². The van der Waals surface area contributed by atoms with Crippen LogP contribution in [-0.2, 0) is 0 Å². The Morgan fingerprint density at radius 1 is 1.29 bits per heavy atom. The molecule has 0 aromatic heterocycles. The summed E-state index contributed by atoms with van der Waals surface area (Å²) in [6.07, 6.45) is 3.28. The third kappa shape index (κ3) is 3.39. The molecule has 0 aromatic rings. The molecule has 0 rings (SSSR count). The molecule has 0 aliphatic heterocycles. The van der Waals surface area contributed by atoms with Crippen molar-refractivity contribution in [1.29, 1.82) is 0 Å². The molecule has 0 amide bonds. The molecule has 0 unspecified atom stereocenters. The number of nitrogens with zero attached hydrogens (tertiary/aromatic N) is 1. The molecule has 0 fully saturated rings. The lowest BCUT2D eigenvalue weighted by Crippen LogP contribution is -2.00. The van der Waals surface area contributed by atoms with Crippen LogP contribution in [0.15, 0.2) is 47.7 Å². The molecule has 0 saturated carbocycles. The first-order chi connectivity index (χ1) is 6.40. The average molecular weight is 193 g/mol. The van der Waals surface area contributed by atoms with Crippen LogP contribution in [0.5, 0.6) is 0 Å². The van der Waals surface area contributed by atoms with Crippen molar-refractivity contribution in [3.63, 3.8) is 0 Å². The Hall–Kier alpha value is -1.64. The summed E-state index contributed by atoms with van der Waals surface area (Å²) in [6, 6.07) is 0. The molecule has 0 aliphatic carbocycles. The predicted octanol–water partition coefficient (Wildman–Crippen LogP) is 3.25. The minimum Gasteiger partial charge on any atom is -0.258 e. The van der Waals surface area contributed by atoms with Crippen LogP contribution < -0.4 is 0 Å². The van der Waals surface area contributed by atoms with Crippen molar-refractivity contribution in [2.75, 3.05) is 0 Å². The second-order valence-electron chi connectivity index (χ2n) is 3.09. The monoisotopic (exact) mass is 193 g/mol. The van der Waals surface area contributed by atoms with Gasteiger partial charge in [-0.3, -0.25) is 10.1 Å². The summed E-state index contributed by atoms with van der Waals surface area (Å²) in [5.41, 5.74) is 2.03. The first-order valence-corrected chi connectivity index (χ1v) is 4.24. The Morgan fingerprint density at radius 2 is 1.79 bits per heavy atom. The van der Waals surface area contributed by atoms with Crippen molar-refractivity contribution in [2.24, 2.45) is 0 Å². The van der Waals surface area contributed by atoms with E-state index in [9.17, 15) is 10.1 Å². The van der Waals surface area contributed by atoms with Gasteiger partial charge in [-0.05, 0) is 26.3 Å². The smallest absolute Gasteiger partial charge is 0.258 e. The van der Waals surface area contributed by atoms with Gasteiger partial charge in [0.2, 0.25) is 0 Å². The maximum atomic E-state index is 10.6. The molecular weight excluding hydrogens is 178 g/mol. The lowest BCUT2D eigenvalue weighted by Gasteiger charge is -2.00. The Morgan fingerprint density at radius 3 is 2.00 bits per heavy atom. The molecule has 0 radical (unpaired) electrons. The Labute approximate surface area is 84.3 Å². The predicted molar refractivity (Wildman–Crippen MR) is 58.5 cm³/mol. The normalized spacial score (nSPS) is 12.5. The molecule has 14 heavy (non-hydrogen) atoms. The van der Waals surface area contributed by atoms with Gasteiger partial charge in [-0.2, -0.15) is 0 Å². The van der Waals surface area contributed by atoms with E-state index in [2.05, 4.69) is 13.2 Å². The second kappa shape index (κ2) is 5.17. The first-order valence-electron chi connectivity index (χ1n) is 4.24. The summed E-state index contributed by atoms with van der Waals surface area (Å²) < 4.78 is 0. The van der Waals surface area contributed by atoms with E-state index in [-0.39, 0.29) is 5.70 Å². The maximum absolute atomic E-state index is 10.6. The van der Waals surface area contributed by atoms with Gasteiger partial charge in [-0.15, -0.1) is 0 Å². The van der Waals surface area contributed by atoms with Gasteiger partial charge >= 0.3 is 0 Å². The van der Waals surface area contributed by atoms with Gasteiger partial charge in [0, 0.05) is 11.6 Å². The molecule has 3 heteroatoms. The number of rotatable bonds is 4. The van der Waals surface area contributed by atoms with Gasteiger partial charge in [0.05, 0.1) is 4.92 Å². The number of hydrogen-bond donors (Lipinski definition) is 0. The fraction of sp³-hybridized carbons (Fsp3) is 0.273. The summed E-state index contributed by atoms with van der Waals surface area (Å²) >= 11 is 0. The summed E-state index contributed by atoms with van der Waals surface area (Å²) in [7, 11) is 0. The van der Waals surface area contributed by atoms with Gasteiger partial charge in [0.15, 0.2) is 0 Å². The minimum absolute atomic E-state index is 0.0288. The Bertz CT molecular complexity index is 319. The summed E-state index contributed by atoms with van der Waals surface area (Å²) in [5, 5.41) is 10.6. The lowest BCUT2D eigenvalue weighted by atomic mass is 10.1. The van der Waals surface area contributed by atoms with Crippen molar-refractivity contribution < 1.29 is 4.92 Å². The SMILES string of the molecule is C=C(C)C(=C/C)/C=C(\C(=C)C)[N+](=O)[O-]. The molecule has 0 heterocycles. The highest BCUT2D eigenvalue weighted by molar-refractivity contribution is 5.40. The van der Waals surface area contributed by atoms with Crippen LogP contribution in [0, 0.1) is 10.1 Å². The van der Waals surface area contributed by atoms with Crippen molar-refractivity contribution in [1.82, 2.24) is 0 Å². The molecular formula is C11H15NO2. The maximum Gasteiger partial charge on any atom is 0.272 e. The van der Waals surface area contributed by atoms with Crippen molar-refractivity contribution in [2.45, 2.75) is 20.8 Å². The highest BCUT2D eigenvalue weighted by Crippen LogP contribution is 2.15. The van der Waals surface area contributed by atoms with E-state index in [1.54, 1.807) is 13.0 Å². The number of nitro groups is 1. The Kier molecular flexibility index (Phi) is 4.56. The third-order valence-electron chi connectivity index (χ3n) is 1.73. The van der Waals surface area contributed by atoms with Crippen LogP contribution in [0.4, 0.5) is 0 Å². The van der Waals surface area contributed by atoms with Gasteiger partial charge in [-0.25, -0.2) is 0 Å². The molecule has 0 atom stereocenters. The molecule has 0 spiro atoms. The van der Waals surface area contributed by atoms with Crippen molar-refractivity contribution in [3.05, 3.63) is 57.8 Å². The van der Waals surface area contributed by atoms with E-state index in [1.165, 1.54) is 6.08 Å². The molecule has 0 aliphatic rings. The fourth-order valence-corrected chi connectivity index (χ4v) is 0.932. The summed E-state index contributed by atoms with van der Waals surface area (Å²) in [6.45, 7) is 12.5. The Balaban J connectivity index is 5.20. The molecule has 0 N–H and O–H groups in total. The van der Waals surface area contributed by atoms with E-state index in [0.29, 0.717) is 5.57 Å². The fourth-order valence-electron chi connectivity index (χ4n) is 0.932. The van der Waals surface area contributed by atoms with Crippen LogP contribution in [-0.4, -0.2) is 4.92 Å². The van der Waals surface area contributed by atoms with Crippen molar-refractivity contribution in [3.8, 4) is 0 Å². The molecule has 76 valence electrons. The zero-order valence-electron chi connectivity index (χ0n) is 8.83. The van der Waals surface area contributed by atoms with E-state index in [4.69, 9.17) is 0 Å². The van der Waals surface area contributed by atoms with Crippen LogP contribution in [0.2, 0.25) is 0 Å². The van der Waals surface area contributed by atoms with Gasteiger partial charge < -0.3 is 0 Å². The summed E-state index contributed by atoms with van der Waals surface area (Å²) in [4.78, 5) is 10.2. The number of allylic oxidation sites excluding steroid dienone is 5. The highest BCUT2D eigenvalue weighted by Gasteiger charge is 2.11. The third-order valence-corrected chi connectivity index (χ3v) is 1.73. The largest absolute Gasteiger partial charge is 0.272 e. The van der Waals surface area contributed by atoms with E-state index < -0.39 is 4.92 Å². The zero-order valence-corrected chi connectivity index (χ0v) is 8.83. The lowest BCUT2D eigenvalue weighted by molar-refractivity contribution is -0.420. The minimum atomic E-state index is -0.436. The van der Waals surface area contributed by atoms with Crippen molar-refractivity contribution >= 4 is 0 Å². The molecule has 0 bridgehead atoms. The van der Waals surface area contributed by atoms with Crippen LogP contribution >= 0.6 is 0 Å². The average Bonchev–Trinajstić information content (AvgIpc) is 2.03. The molecule has 3 nitrogen and oxygen atoms in total. The molecule has 0 saturated heterocycles. The topological polar surface area (TPSA) is 43.1 Å². The van der Waals surface area contributed by atoms with Gasteiger partial charge in [-0.1, -0.05) is 24.8 Å². The van der Waals surface area contributed by atoms with E-state index in [0.717, 1.165) is 11.1 Å². The van der Waals surface area contributed by atoms with E-state index >= 15 is 0 Å².